The molecule has 1 fully saturated rings. The molecule has 4 nitrogen and oxygen atoms in total. The minimum atomic E-state index is -3.67. The van der Waals surface area contributed by atoms with Crippen LogP contribution in [0.1, 0.15) is 12.0 Å². The molecule has 1 aromatic rings. The number of benzene rings is 1. The number of nitrogens with zero attached hydrogens (tertiary/aromatic N) is 1. The van der Waals surface area contributed by atoms with Crippen LogP contribution in [0.4, 0.5) is 0 Å². The highest BCUT2D eigenvalue weighted by molar-refractivity contribution is 7.86. The maximum absolute atomic E-state index is 11.8. The van der Waals surface area contributed by atoms with Gasteiger partial charge in [0.15, 0.2) is 0 Å². The molecule has 2 atom stereocenters. The largest absolute Gasteiger partial charge is 0.296 e. The van der Waals surface area contributed by atoms with E-state index in [0.717, 1.165) is 12.0 Å². The van der Waals surface area contributed by atoms with Crippen LogP contribution in [-0.2, 0) is 14.3 Å². The standard InChI is InChI=1S/C12H13NO3S/c1-9-2-4-12(5-3-9)17(14,15)16-8-11-6-10(11)7-13/h2-5,10-11H,6,8H2,1H3. The average molecular weight is 251 g/mol. The van der Waals surface area contributed by atoms with Crippen LogP contribution in [0.5, 0.6) is 0 Å². The zero-order valence-corrected chi connectivity index (χ0v) is 10.3. The zero-order valence-electron chi connectivity index (χ0n) is 9.46. The van der Waals surface area contributed by atoms with E-state index in [9.17, 15) is 8.42 Å². The predicted octanol–water partition coefficient (Wildman–Crippen LogP) is 1.86. The van der Waals surface area contributed by atoms with Crippen LogP contribution >= 0.6 is 0 Å². The fourth-order valence-electron chi connectivity index (χ4n) is 1.54. The minimum absolute atomic E-state index is 0.0387. The molecular weight excluding hydrogens is 238 g/mol. The van der Waals surface area contributed by atoms with Gasteiger partial charge in [0, 0.05) is 5.92 Å². The van der Waals surface area contributed by atoms with Crippen molar-refractivity contribution in [3.05, 3.63) is 29.8 Å². The Morgan fingerprint density at radius 3 is 2.59 bits per heavy atom. The van der Waals surface area contributed by atoms with Crippen molar-refractivity contribution < 1.29 is 12.6 Å². The number of rotatable bonds is 4. The van der Waals surface area contributed by atoms with Crippen LogP contribution in [0.25, 0.3) is 0 Å². The first-order valence-electron chi connectivity index (χ1n) is 5.38. The molecule has 1 aliphatic carbocycles. The lowest BCUT2D eigenvalue weighted by atomic mass is 10.2. The van der Waals surface area contributed by atoms with Crippen molar-refractivity contribution >= 4 is 10.1 Å². The van der Waals surface area contributed by atoms with E-state index in [-0.39, 0.29) is 23.3 Å². The van der Waals surface area contributed by atoms with E-state index in [1.165, 1.54) is 12.1 Å². The van der Waals surface area contributed by atoms with Crippen molar-refractivity contribution in [2.24, 2.45) is 11.8 Å². The molecule has 0 radical (unpaired) electrons. The van der Waals surface area contributed by atoms with Gasteiger partial charge in [0.1, 0.15) is 0 Å². The number of hydrogen-bond donors (Lipinski definition) is 0. The molecule has 2 rings (SSSR count). The Balaban J connectivity index is 2.00. The highest BCUT2D eigenvalue weighted by Crippen LogP contribution is 2.38. The van der Waals surface area contributed by atoms with Crippen LogP contribution < -0.4 is 0 Å². The molecule has 0 aromatic heterocycles. The van der Waals surface area contributed by atoms with Gasteiger partial charge in [-0.2, -0.15) is 13.7 Å². The Bertz CT molecular complexity index is 542. The molecule has 2 unspecified atom stereocenters. The van der Waals surface area contributed by atoms with Gasteiger partial charge in [-0.1, -0.05) is 17.7 Å². The summed E-state index contributed by atoms with van der Waals surface area (Å²) in [5.41, 5.74) is 0.996. The van der Waals surface area contributed by atoms with Crippen molar-refractivity contribution in [1.82, 2.24) is 0 Å². The first-order chi connectivity index (χ1) is 8.03. The second-order valence-electron chi connectivity index (χ2n) is 4.28. The molecule has 0 saturated heterocycles. The molecule has 0 spiro atoms. The molecule has 0 amide bonds. The lowest BCUT2D eigenvalue weighted by Crippen LogP contribution is -2.09. The van der Waals surface area contributed by atoms with E-state index in [0.29, 0.717) is 0 Å². The fraction of sp³-hybridized carbons (Fsp3) is 0.417. The third-order valence-electron chi connectivity index (χ3n) is 2.84. The van der Waals surface area contributed by atoms with Crippen molar-refractivity contribution in [1.29, 1.82) is 5.26 Å². The highest BCUT2D eigenvalue weighted by Gasteiger charge is 2.38. The summed E-state index contributed by atoms with van der Waals surface area (Å²) in [7, 11) is -3.67. The van der Waals surface area contributed by atoms with Gasteiger partial charge in [-0.25, -0.2) is 0 Å². The molecule has 0 aliphatic heterocycles. The fourth-order valence-corrected chi connectivity index (χ4v) is 2.50. The summed E-state index contributed by atoms with van der Waals surface area (Å²) >= 11 is 0. The first-order valence-corrected chi connectivity index (χ1v) is 6.79. The van der Waals surface area contributed by atoms with Gasteiger partial charge in [-0.15, -0.1) is 0 Å². The minimum Gasteiger partial charge on any atom is -0.266 e. The van der Waals surface area contributed by atoms with Gasteiger partial charge in [-0.05, 0) is 25.5 Å². The van der Waals surface area contributed by atoms with Crippen LogP contribution in [0, 0.1) is 30.1 Å². The molecule has 1 aliphatic rings. The topological polar surface area (TPSA) is 67.2 Å². The summed E-state index contributed by atoms with van der Waals surface area (Å²) in [4.78, 5) is 0.164. The zero-order chi connectivity index (χ0) is 12.5. The van der Waals surface area contributed by atoms with Gasteiger partial charge in [0.05, 0.1) is 23.5 Å². The Morgan fingerprint density at radius 1 is 1.41 bits per heavy atom. The number of aryl methyl sites for hydroxylation is 1. The average Bonchev–Trinajstić information content (AvgIpc) is 3.06. The van der Waals surface area contributed by atoms with Crippen LogP contribution in [-0.4, -0.2) is 15.0 Å². The Hall–Kier alpha value is -1.38. The first kappa shape index (κ1) is 12.1. The molecule has 5 heteroatoms. The molecule has 0 heterocycles. The molecule has 1 saturated carbocycles. The van der Waals surface area contributed by atoms with Crippen LogP contribution in [0.3, 0.4) is 0 Å². The third-order valence-corrected chi connectivity index (χ3v) is 4.13. The van der Waals surface area contributed by atoms with E-state index in [1.807, 2.05) is 6.92 Å². The van der Waals surface area contributed by atoms with Gasteiger partial charge in [-0.3, -0.25) is 4.18 Å². The molecule has 1 aromatic carbocycles. The molecule has 0 N–H and O–H groups in total. The number of hydrogen-bond acceptors (Lipinski definition) is 4. The van der Waals surface area contributed by atoms with Gasteiger partial charge in [0.2, 0.25) is 0 Å². The van der Waals surface area contributed by atoms with E-state index >= 15 is 0 Å². The SMILES string of the molecule is Cc1ccc(S(=O)(=O)OCC2CC2C#N)cc1. The quantitative estimate of drug-likeness (QED) is 0.766. The predicted molar refractivity (Wildman–Crippen MR) is 61.5 cm³/mol. The summed E-state index contributed by atoms with van der Waals surface area (Å²) < 4.78 is 28.5. The third kappa shape index (κ3) is 2.84. The van der Waals surface area contributed by atoms with Gasteiger partial charge < -0.3 is 0 Å². The molecule has 17 heavy (non-hydrogen) atoms. The molecular formula is C12H13NO3S. The molecule has 0 bridgehead atoms. The van der Waals surface area contributed by atoms with E-state index < -0.39 is 10.1 Å². The summed E-state index contributed by atoms with van der Waals surface area (Å²) in [6.07, 6.45) is 0.736. The van der Waals surface area contributed by atoms with Crippen molar-refractivity contribution in [2.45, 2.75) is 18.2 Å². The molecule has 90 valence electrons. The lowest BCUT2D eigenvalue weighted by molar-refractivity contribution is 0.298. The van der Waals surface area contributed by atoms with Crippen molar-refractivity contribution in [3.8, 4) is 6.07 Å². The van der Waals surface area contributed by atoms with Gasteiger partial charge in [0.25, 0.3) is 10.1 Å². The smallest absolute Gasteiger partial charge is 0.266 e. The van der Waals surface area contributed by atoms with E-state index in [1.54, 1.807) is 12.1 Å². The van der Waals surface area contributed by atoms with Crippen molar-refractivity contribution in [3.63, 3.8) is 0 Å². The number of nitriles is 1. The Morgan fingerprint density at radius 2 is 2.06 bits per heavy atom. The van der Waals surface area contributed by atoms with Crippen LogP contribution in [0.2, 0.25) is 0 Å². The Kier molecular flexibility index (Phi) is 3.18. The highest BCUT2D eigenvalue weighted by atomic mass is 32.2. The summed E-state index contributed by atoms with van der Waals surface area (Å²) in [5, 5.41) is 8.60. The van der Waals surface area contributed by atoms with Crippen LogP contribution in [0.15, 0.2) is 29.2 Å². The van der Waals surface area contributed by atoms with E-state index in [2.05, 4.69) is 6.07 Å². The Labute approximate surface area is 101 Å². The summed E-state index contributed by atoms with van der Waals surface area (Å²) in [5.74, 6) is 0.0310. The maximum atomic E-state index is 11.8. The van der Waals surface area contributed by atoms with E-state index in [4.69, 9.17) is 9.44 Å². The van der Waals surface area contributed by atoms with Gasteiger partial charge >= 0.3 is 0 Å². The summed E-state index contributed by atoms with van der Waals surface area (Å²) in [6.45, 7) is 1.99. The lowest BCUT2D eigenvalue weighted by Gasteiger charge is -2.04. The second-order valence-corrected chi connectivity index (χ2v) is 5.90. The second kappa shape index (κ2) is 4.47. The monoisotopic (exact) mass is 251 g/mol. The van der Waals surface area contributed by atoms with Crippen molar-refractivity contribution in [2.75, 3.05) is 6.61 Å². The summed E-state index contributed by atoms with van der Waals surface area (Å²) in [6, 6.07) is 8.61. The normalized spacial score (nSPS) is 23.1. The maximum Gasteiger partial charge on any atom is 0.296 e.